The van der Waals surface area contributed by atoms with E-state index >= 15 is 0 Å². The minimum absolute atomic E-state index is 0.0387. The molecular weight excluding hydrogens is 442 g/mol. The van der Waals surface area contributed by atoms with Gasteiger partial charge < -0.3 is 10.6 Å². The second kappa shape index (κ2) is 9.47. The fraction of sp³-hybridized carbons (Fsp3) is 0.474. The summed E-state index contributed by atoms with van der Waals surface area (Å²) in [5, 5.41) is 17.7. The molecule has 0 saturated heterocycles. The molecule has 2 unspecified atom stereocenters. The molecule has 0 spiro atoms. The summed E-state index contributed by atoms with van der Waals surface area (Å²) < 4.78 is 0.941. The first-order chi connectivity index (χ1) is 13.1. The highest BCUT2D eigenvalue weighted by Gasteiger charge is 2.28. The quantitative estimate of drug-likeness (QED) is 0.585. The predicted octanol–water partition coefficient (Wildman–Crippen LogP) is 4.42. The Kier molecular flexibility index (Phi) is 7.54. The third-order valence-electron chi connectivity index (χ3n) is 4.00. The molecule has 1 heterocycles. The maximum Gasteiger partial charge on any atom is 0.315 e. The van der Waals surface area contributed by atoms with Crippen LogP contribution in [-0.4, -0.2) is 33.7 Å². The second-order valence-corrected chi connectivity index (χ2v) is 9.52. The van der Waals surface area contributed by atoms with E-state index in [1.54, 1.807) is 0 Å². The molecule has 9 heteroatoms. The van der Waals surface area contributed by atoms with Gasteiger partial charge in [-0.15, -0.1) is 10.2 Å². The van der Waals surface area contributed by atoms with Crippen molar-refractivity contribution in [3.05, 3.63) is 28.7 Å². The fourth-order valence-electron chi connectivity index (χ4n) is 2.41. The Balaban J connectivity index is 2.10. The fourth-order valence-corrected chi connectivity index (χ4v) is 3.56. The molecular formula is C19H26BrN5O2S. The van der Waals surface area contributed by atoms with Gasteiger partial charge in [0.25, 0.3) is 0 Å². The van der Waals surface area contributed by atoms with Crippen LogP contribution in [0.25, 0.3) is 10.6 Å². The largest absolute Gasteiger partial charge is 0.334 e. The molecule has 0 aliphatic rings. The van der Waals surface area contributed by atoms with Crippen molar-refractivity contribution < 1.29 is 9.59 Å². The first-order valence-corrected chi connectivity index (χ1v) is 10.7. The van der Waals surface area contributed by atoms with Gasteiger partial charge in [0, 0.05) is 15.6 Å². The maximum absolute atomic E-state index is 12.8. The van der Waals surface area contributed by atoms with Gasteiger partial charge in [0.15, 0.2) is 0 Å². The van der Waals surface area contributed by atoms with Crippen LogP contribution >= 0.6 is 27.3 Å². The molecule has 0 saturated carbocycles. The number of carbonyl (C=O) groups excluding carboxylic acids is 2. The van der Waals surface area contributed by atoms with Crippen LogP contribution in [0.5, 0.6) is 0 Å². The Morgan fingerprint density at radius 2 is 1.96 bits per heavy atom. The Labute approximate surface area is 177 Å². The van der Waals surface area contributed by atoms with Gasteiger partial charge in [-0.3, -0.25) is 10.1 Å². The highest BCUT2D eigenvalue weighted by atomic mass is 79.9. The van der Waals surface area contributed by atoms with Gasteiger partial charge in [0.1, 0.15) is 11.0 Å². The average molecular weight is 468 g/mol. The van der Waals surface area contributed by atoms with Crippen molar-refractivity contribution in [3.8, 4) is 10.6 Å². The van der Waals surface area contributed by atoms with Gasteiger partial charge in [-0.05, 0) is 38.8 Å². The molecule has 7 nitrogen and oxygen atoms in total. The lowest BCUT2D eigenvalue weighted by atomic mass is 9.98. The summed E-state index contributed by atoms with van der Waals surface area (Å²) in [4.78, 5) is 25.0. The van der Waals surface area contributed by atoms with Crippen molar-refractivity contribution >= 4 is 44.3 Å². The van der Waals surface area contributed by atoms with Crippen LogP contribution in [0.15, 0.2) is 28.7 Å². The van der Waals surface area contributed by atoms with E-state index in [0.717, 1.165) is 16.5 Å². The van der Waals surface area contributed by atoms with Crippen LogP contribution in [0, 0.1) is 5.92 Å². The van der Waals surface area contributed by atoms with E-state index < -0.39 is 11.6 Å². The molecule has 0 aliphatic carbocycles. The summed E-state index contributed by atoms with van der Waals surface area (Å²) in [6.45, 7) is 9.56. The van der Waals surface area contributed by atoms with Crippen molar-refractivity contribution in [2.24, 2.45) is 5.92 Å². The predicted molar refractivity (Wildman–Crippen MR) is 116 cm³/mol. The zero-order valence-electron chi connectivity index (χ0n) is 16.7. The lowest BCUT2D eigenvalue weighted by Gasteiger charge is -2.26. The summed E-state index contributed by atoms with van der Waals surface area (Å²) in [7, 11) is 0. The third kappa shape index (κ3) is 6.56. The van der Waals surface area contributed by atoms with E-state index in [1.165, 1.54) is 11.3 Å². The Hall–Kier alpha value is -2.00. The summed E-state index contributed by atoms with van der Waals surface area (Å²) in [6.07, 6.45) is 0.743. The first kappa shape index (κ1) is 22.3. The van der Waals surface area contributed by atoms with Crippen LogP contribution in [0.3, 0.4) is 0 Å². The maximum atomic E-state index is 12.8. The second-order valence-electron chi connectivity index (χ2n) is 7.62. The Morgan fingerprint density at radius 3 is 2.57 bits per heavy atom. The molecule has 1 aromatic carbocycles. The van der Waals surface area contributed by atoms with Crippen LogP contribution in [-0.2, 0) is 4.79 Å². The van der Waals surface area contributed by atoms with Gasteiger partial charge >= 0.3 is 6.03 Å². The van der Waals surface area contributed by atoms with Crippen molar-refractivity contribution in [1.29, 1.82) is 0 Å². The van der Waals surface area contributed by atoms with E-state index in [1.807, 2.05) is 58.9 Å². The number of hydrogen-bond acceptors (Lipinski definition) is 5. The number of halogens is 1. The molecule has 0 bridgehead atoms. The molecule has 0 radical (unpaired) electrons. The number of nitrogens with one attached hydrogen (secondary N) is 3. The SMILES string of the molecule is CCC(C)C(NC(=O)NC(C)(C)C)C(=O)Nc1nnc(-c2cccc(Br)c2)s1. The number of nitrogens with zero attached hydrogens (tertiary/aromatic N) is 2. The normalized spacial score (nSPS) is 13.5. The number of benzene rings is 1. The zero-order valence-corrected chi connectivity index (χ0v) is 19.1. The lowest BCUT2D eigenvalue weighted by molar-refractivity contribution is -0.119. The summed E-state index contributed by atoms with van der Waals surface area (Å²) in [6, 6.07) is 6.66. The van der Waals surface area contributed by atoms with E-state index in [0.29, 0.717) is 10.1 Å². The van der Waals surface area contributed by atoms with E-state index in [2.05, 4.69) is 42.1 Å². The summed E-state index contributed by atoms with van der Waals surface area (Å²) in [5.74, 6) is -0.349. The molecule has 1 aromatic heterocycles. The molecule has 3 amide bonds. The van der Waals surface area contributed by atoms with Crippen LogP contribution < -0.4 is 16.0 Å². The molecule has 2 atom stereocenters. The number of carbonyl (C=O) groups is 2. The number of anilines is 1. The van der Waals surface area contributed by atoms with Crippen LogP contribution in [0.1, 0.15) is 41.0 Å². The van der Waals surface area contributed by atoms with E-state index in [-0.39, 0.29) is 17.9 Å². The number of aromatic nitrogens is 2. The minimum Gasteiger partial charge on any atom is -0.334 e. The molecule has 3 N–H and O–H groups in total. The van der Waals surface area contributed by atoms with Gasteiger partial charge in [-0.25, -0.2) is 4.79 Å². The van der Waals surface area contributed by atoms with Gasteiger partial charge in [0.2, 0.25) is 11.0 Å². The van der Waals surface area contributed by atoms with Crippen LogP contribution in [0.2, 0.25) is 0 Å². The molecule has 2 rings (SSSR count). The monoisotopic (exact) mass is 467 g/mol. The van der Waals surface area contributed by atoms with Crippen molar-refractivity contribution in [2.75, 3.05) is 5.32 Å². The average Bonchev–Trinajstić information content (AvgIpc) is 3.06. The van der Waals surface area contributed by atoms with Crippen molar-refractivity contribution in [3.63, 3.8) is 0 Å². The molecule has 0 aliphatic heterocycles. The van der Waals surface area contributed by atoms with Gasteiger partial charge in [-0.2, -0.15) is 0 Å². The Bertz CT molecular complexity index is 834. The van der Waals surface area contributed by atoms with Crippen molar-refractivity contribution in [1.82, 2.24) is 20.8 Å². The summed E-state index contributed by atoms with van der Waals surface area (Å²) in [5.41, 5.74) is 0.520. The highest BCUT2D eigenvalue weighted by Crippen LogP contribution is 2.28. The Morgan fingerprint density at radius 1 is 1.25 bits per heavy atom. The molecule has 28 heavy (non-hydrogen) atoms. The topological polar surface area (TPSA) is 96.0 Å². The smallest absolute Gasteiger partial charge is 0.315 e. The summed E-state index contributed by atoms with van der Waals surface area (Å²) >= 11 is 4.72. The number of urea groups is 1. The number of rotatable bonds is 6. The lowest BCUT2D eigenvalue weighted by Crippen LogP contribution is -2.54. The highest BCUT2D eigenvalue weighted by molar-refractivity contribution is 9.10. The third-order valence-corrected chi connectivity index (χ3v) is 5.38. The first-order valence-electron chi connectivity index (χ1n) is 9.08. The standard InChI is InChI=1S/C19H26BrN5O2S/c1-6-11(2)14(21-17(27)23-19(3,4)5)15(26)22-18-25-24-16(28-18)12-8-7-9-13(20)10-12/h7-11,14H,6H2,1-5H3,(H2,21,23,27)(H,22,25,26). The number of amides is 3. The van der Waals surface area contributed by atoms with Gasteiger partial charge in [0.05, 0.1) is 0 Å². The molecule has 152 valence electrons. The molecule has 2 aromatic rings. The van der Waals surface area contributed by atoms with Crippen LogP contribution in [0.4, 0.5) is 9.93 Å². The minimum atomic E-state index is -0.675. The van der Waals surface area contributed by atoms with Gasteiger partial charge in [-0.1, -0.05) is 59.7 Å². The molecule has 0 fully saturated rings. The van der Waals surface area contributed by atoms with Crippen molar-refractivity contribution in [2.45, 2.75) is 52.6 Å². The van der Waals surface area contributed by atoms with E-state index in [9.17, 15) is 9.59 Å². The zero-order chi connectivity index (χ0) is 20.9. The van der Waals surface area contributed by atoms with E-state index in [4.69, 9.17) is 0 Å². The number of hydrogen-bond donors (Lipinski definition) is 3.